The van der Waals surface area contributed by atoms with Crippen LogP contribution in [0.25, 0.3) is 0 Å². The molecule has 0 aliphatic carbocycles. The molecule has 0 radical (unpaired) electrons. The van der Waals surface area contributed by atoms with Gasteiger partial charge in [0.15, 0.2) is 0 Å². The highest BCUT2D eigenvalue weighted by molar-refractivity contribution is 5.96. The van der Waals surface area contributed by atoms with Gasteiger partial charge in [0.25, 0.3) is 0 Å². The Labute approximate surface area is 187 Å². The summed E-state index contributed by atoms with van der Waals surface area (Å²) >= 11 is 0. The van der Waals surface area contributed by atoms with Crippen molar-refractivity contribution in [3.8, 4) is 0 Å². The molecule has 0 atom stereocenters. The van der Waals surface area contributed by atoms with Crippen LogP contribution in [0, 0.1) is 17.1 Å². The van der Waals surface area contributed by atoms with Crippen LogP contribution in [0.5, 0.6) is 0 Å². The van der Waals surface area contributed by atoms with E-state index in [0.29, 0.717) is 45.1 Å². The van der Waals surface area contributed by atoms with Crippen molar-refractivity contribution in [1.82, 2.24) is 20.8 Å². The molecular formula is C20H28F7N5O. The summed E-state index contributed by atoms with van der Waals surface area (Å²) in [4.78, 5) is 2.03. The van der Waals surface area contributed by atoms with Crippen LogP contribution in [0.15, 0.2) is 18.2 Å². The lowest BCUT2D eigenvalue weighted by atomic mass is 9.95. The third-order valence-electron chi connectivity index (χ3n) is 5.17. The Morgan fingerprint density at radius 3 is 2.27 bits per heavy atom. The molecule has 2 rings (SSSR count). The average molecular weight is 487 g/mol. The van der Waals surface area contributed by atoms with E-state index in [2.05, 4.69) is 10.7 Å². The van der Waals surface area contributed by atoms with E-state index in [-0.39, 0.29) is 22.5 Å². The second-order valence-corrected chi connectivity index (χ2v) is 8.87. The predicted molar refractivity (Wildman–Crippen MR) is 107 cm³/mol. The topological polar surface area (TPSA) is 74.6 Å². The van der Waals surface area contributed by atoms with Crippen LogP contribution < -0.4 is 10.7 Å². The third-order valence-corrected chi connectivity index (χ3v) is 5.17. The summed E-state index contributed by atoms with van der Waals surface area (Å²) in [6.07, 6.45) is -7.87. The van der Waals surface area contributed by atoms with Crippen LogP contribution in [0.4, 0.5) is 30.7 Å². The number of hydrogen-bond donors (Lipinski definition) is 4. The Bertz CT molecular complexity index is 805. The van der Waals surface area contributed by atoms with Gasteiger partial charge >= 0.3 is 12.4 Å². The number of nitrogens with zero attached hydrogens (tertiary/aromatic N) is 2. The van der Waals surface area contributed by atoms with Crippen LogP contribution in [0.1, 0.15) is 37.8 Å². The van der Waals surface area contributed by atoms with Crippen molar-refractivity contribution >= 4 is 5.84 Å². The molecule has 0 bridgehead atoms. The highest BCUT2D eigenvalue weighted by Gasteiger charge is 2.34. The summed E-state index contributed by atoms with van der Waals surface area (Å²) in [5.41, 5.74) is 0.236. The largest absolute Gasteiger partial charge is 0.416 e. The van der Waals surface area contributed by atoms with Crippen molar-refractivity contribution in [1.29, 1.82) is 5.41 Å². The summed E-state index contributed by atoms with van der Waals surface area (Å²) in [6.45, 7) is 3.75. The number of hydrogen-bond acceptors (Lipinski definition) is 5. The fraction of sp³-hybridized carbons (Fsp3) is 0.650. The number of nitrogens with one attached hydrogen (secondary N) is 3. The summed E-state index contributed by atoms with van der Waals surface area (Å²) in [7, 11) is 0. The first-order chi connectivity index (χ1) is 15.0. The van der Waals surface area contributed by atoms with Crippen molar-refractivity contribution in [2.45, 2.75) is 44.6 Å². The Balaban J connectivity index is 1.80. The number of hydrazine groups is 1. The predicted octanol–water partition coefficient (Wildman–Crippen LogP) is 4.01. The molecule has 6 nitrogen and oxygen atoms in total. The van der Waals surface area contributed by atoms with E-state index in [1.165, 1.54) is 0 Å². The number of alkyl halides is 6. The van der Waals surface area contributed by atoms with Crippen LogP contribution in [-0.2, 0) is 6.18 Å². The fourth-order valence-electron chi connectivity index (χ4n) is 3.75. The van der Waals surface area contributed by atoms with E-state index in [0.717, 1.165) is 12.1 Å². The number of likely N-dealkylation sites (tertiary alicyclic amines) is 1. The Hall–Kier alpha value is -1.96. The zero-order valence-electron chi connectivity index (χ0n) is 18.2. The molecule has 1 aromatic carbocycles. The fourth-order valence-corrected chi connectivity index (χ4v) is 3.75. The number of rotatable bonds is 8. The van der Waals surface area contributed by atoms with E-state index in [1.54, 1.807) is 13.8 Å². The average Bonchev–Trinajstić information content (AvgIpc) is 2.63. The summed E-state index contributed by atoms with van der Waals surface area (Å²) < 4.78 is 89.2. The lowest BCUT2D eigenvalue weighted by Gasteiger charge is -2.39. The van der Waals surface area contributed by atoms with E-state index < -0.39 is 35.8 Å². The molecule has 0 amide bonds. The molecule has 188 valence electrons. The number of halogens is 7. The summed E-state index contributed by atoms with van der Waals surface area (Å²) in [5, 5.41) is 20.2. The van der Waals surface area contributed by atoms with Crippen molar-refractivity contribution in [2.75, 3.05) is 32.7 Å². The van der Waals surface area contributed by atoms with Gasteiger partial charge in [-0.3, -0.25) is 10.6 Å². The molecule has 1 aromatic rings. The van der Waals surface area contributed by atoms with E-state index in [1.807, 2.05) is 4.90 Å². The minimum Gasteiger partial charge on any atom is -0.370 e. The van der Waals surface area contributed by atoms with E-state index >= 15 is 0 Å². The Morgan fingerprint density at radius 2 is 1.73 bits per heavy atom. The molecule has 1 aliphatic rings. The van der Waals surface area contributed by atoms with Gasteiger partial charge in [0, 0.05) is 24.2 Å². The number of benzene rings is 1. The molecule has 33 heavy (non-hydrogen) atoms. The van der Waals surface area contributed by atoms with Gasteiger partial charge in [0.05, 0.1) is 5.56 Å². The van der Waals surface area contributed by atoms with Gasteiger partial charge in [-0.2, -0.15) is 26.3 Å². The normalized spacial score (nSPS) is 16.9. The van der Waals surface area contributed by atoms with E-state index in [9.17, 15) is 35.9 Å². The van der Waals surface area contributed by atoms with Crippen molar-refractivity contribution in [2.24, 2.45) is 5.92 Å². The molecule has 4 N–H and O–H groups in total. The van der Waals surface area contributed by atoms with Crippen LogP contribution in [0.2, 0.25) is 0 Å². The lowest BCUT2D eigenvalue weighted by molar-refractivity contribution is -0.239. The number of piperidine rings is 1. The summed E-state index contributed by atoms with van der Waals surface area (Å²) in [6, 6.07) is 1.97. The van der Waals surface area contributed by atoms with Crippen LogP contribution >= 0.6 is 0 Å². The molecule has 1 aliphatic heterocycles. The van der Waals surface area contributed by atoms with E-state index in [4.69, 9.17) is 5.41 Å². The van der Waals surface area contributed by atoms with Crippen LogP contribution in [-0.4, -0.2) is 65.6 Å². The minimum atomic E-state index is -4.72. The Kier molecular flexibility index (Phi) is 8.71. The number of amidine groups is 1. The summed E-state index contributed by atoms with van der Waals surface area (Å²) in [5.74, 6) is -1.26. The van der Waals surface area contributed by atoms with Gasteiger partial charge in [0.1, 0.15) is 18.2 Å². The molecule has 1 heterocycles. The second kappa shape index (κ2) is 10.5. The standard InChI is InChI=1S/C20H28F7N5O/c1-18(2,30-32(33)12-19(22,23)24)11-31-5-3-13(4-6-31)10-29-17(28)14-7-15(20(25,26)27)9-16(21)8-14/h7-9,13,30,33H,3-6,10-12H2,1-2H3,(H2,28,29). The maximum Gasteiger partial charge on any atom is 0.416 e. The monoisotopic (exact) mass is 487 g/mol. The van der Waals surface area contributed by atoms with Crippen molar-refractivity contribution in [3.63, 3.8) is 0 Å². The molecule has 0 unspecified atom stereocenters. The molecule has 13 heteroatoms. The highest BCUT2D eigenvalue weighted by atomic mass is 19.4. The zero-order valence-corrected chi connectivity index (χ0v) is 18.2. The first-order valence-corrected chi connectivity index (χ1v) is 10.3. The molecule has 1 saturated heterocycles. The van der Waals surface area contributed by atoms with Gasteiger partial charge in [-0.25, -0.2) is 9.82 Å². The molecular weight excluding hydrogens is 459 g/mol. The molecule has 0 aromatic heterocycles. The second-order valence-electron chi connectivity index (χ2n) is 8.87. The van der Waals surface area contributed by atoms with Gasteiger partial charge in [-0.1, -0.05) is 0 Å². The Morgan fingerprint density at radius 1 is 1.12 bits per heavy atom. The highest BCUT2D eigenvalue weighted by Crippen LogP contribution is 2.30. The smallest absolute Gasteiger partial charge is 0.370 e. The SMILES string of the molecule is CC(C)(CN1CCC(CNC(=N)c2cc(F)cc(C(F)(F)F)c2)CC1)NN(O)CC(F)(F)F. The minimum absolute atomic E-state index is 0.0267. The van der Waals surface area contributed by atoms with Crippen molar-refractivity contribution < 1.29 is 35.9 Å². The first-order valence-electron chi connectivity index (χ1n) is 10.3. The maximum absolute atomic E-state index is 13.5. The quantitative estimate of drug-likeness (QED) is 0.193. The van der Waals surface area contributed by atoms with Gasteiger partial charge in [0.2, 0.25) is 0 Å². The molecule has 0 saturated carbocycles. The lowest BCUT2D eigenvalue weighted by Crippen LogP contribution is -2.57. The number of hydroxylamine groups is 1. The third kappa shape index (κ3) is 9.43. The maximum atomic E-state index is 13.5. The van der Waals surface area contributed by atoms with Gasteiger partial charge in [-0.15, -0.1) is 5.17 Å². The van der Waals surface area contributed by atoms with Crippen molar-refractivity contribution in [3.05, 3.63) is 35.1 Å². The molecule has 1 fully saturated rings. The van der Waals surface area contributed by atoms with Gasteiger partial charge in [-0.05, 0) is 63.9 Å². The zero-order chi connectivity index (χ0) is 25.0. The molecule has 0 spiro atoms. The van der Waals surface area contributed by atoms with Crippen LogP contribution in [0.3, 0.4) is 0 Å². The first kappa shape index (κ1) is 27.3. The van der Waals surface area contributed by atoms with Gasteiger partial charge < -0.3 is 10.2 Å².